The Labute approximate surface area is 181 Å². The van der Waals surface area contributed by atoms with E-state index in [2.05, 4.69) is 38.4 Å². The van der Waals surface area contributed by atoms with E-state index in [0.29, 0.717) is 6.04 Å². The second-order valence-electron chi connectivity index (χ2n) is 8.29. The molecule has 8 heteroatoms. The number of rotatable bonds is 6. The third kappa shape index (κ3) is 4.53. The summed E-state index contributed by atoms with van der Waals surface area (Å²) < 4.78 is 11.0. The Morgan fingerprint density at radius 3 is 2.70 bits per heavy atom. The molecule has 7 nitrogen and oxygen atoms in total. The highest BCUT2D eigenvalue weighted by molar-refractivity contribution is 8.14. The number of aromatic nitrogens is 1. The predicted molar refractivity (Wildman–Crippen MR) is 122 cm³/mol. The molecule has 0 spiro atoms. The number of aliphatic hydroxyl groups is 1. The lowest BCUT2D eigenvalue weighted by Gasteiger charge is -2.27. The Hall–Kier alpha value is -1.58. The van der Waals surface area contributed by atoms with Gasteiger partial charge in [-0.05, 0) is 36.6 Å². The van der Waals surface area contributed by atoms with Crippen LogP contribution < -0.4 is 5.32 Å². The number of aromatic amines is 1. The quantitative estimate of drug-likeness (QED) is 0.653. The minimum absolute atomic E-state index is 0.00753. The molecule has 1 aromatic heterocycles. The van der Waals surface area contributed by atoms with E-state index in [1.807, 2.05) is 0 Å². The van der Waals surface area contributed by atoms with E-state index in [1.54, 1.807) is 11.8 Å². The lowest BCUT2D eigenvalue weighted by atomic mass is 10.1. The summed E-state index contributed by atoms with van der Waals surface area (Å²) in [7, 11) is 0. The van der Waals surface area contributed by atoms with Crippen LogP contribution in [-0.4, -0.2) is 84.0 Å². The third-order valence-corrected chi connectivity index (χ3v) is 7.18. The number of ether oxygens (including phenoxy) is 2. The average Bonchev–Trinajstić information content (AvgIpc) is 3.42. The van der Waals surface area contributed by atoms with Crippen LogP contribution >= 0.6 is 11.8 Å². The van der Waals surface area contributed by atoms with Gasteiger partial charge in [-0.25, -0.2) is 0 Å². The van der Waals surface area contributed by atoms with Crippen molar-refractivity contribution >= 4 is 33.4 Å². The Balaban J connectivity index is 1.46. The molecule has 2 saturated heterocycles. The first-order valence-corrected chi connectivity index (χ1v) is 11.9. The molecule has 0 saturated carbocycles. The molecule has 4 heterocycles. The van der Waals surface area contributed by atoms with E-state index in [0.717, 1.165) is 86.6 Å². The third-order valence-electron chi connectivity index (χ3n) is 6.03. The molecule has 0 aliphatic carbocycles. The number of morpholine rings is 1. The topological polar surface area (TPSA) is 82.1 Å². The molecule has 0 unspecified atom stereocenters. The van der Waals surface area contributed by atoms with Gasteiger partial charge in [0.05, 0.1) is 42.8 Å². The number of hydrogen-bond acceptors (Lipinski definition) is 7. The van der Waals surface area contributed by atoms with Gasteiger partial charge in [-0.3, -0.25) is 9.89 Å². The minimum Gasteiger partial charge on any atom is -0.394 e. The first-order chi connectivity index (χ1) is 14.8. The Morgan fingerprint density at radius 1 is 1.13 bits per heavy atom. The molecule has 3 aliphatic heterocycles. The molecule has 5 rings (SSSR count). The molecule has 3 aliphatic rings. The van der Waals surface area contributed by atoms with Crippen LogP contribution in [0.4, 0.5) is 5.69 Å². The average molecular weight is 431 g/mol. The first-order valence-electron chi connectivity index (χ1n) is 10.9. The van der Waals surface area contributed by atoms with Crippen LogP contribution in [0.1, 0.15) is 24.1 Å². The predicted octanol–water partition coefficient (Wildman–Crippen LogP) is 2.45. The van der Waals surface area contributed by atoms with Crippen LogP contribution in [0.25, 0.3) is 10.9 Å². The van der Waals surface area contributed by atoms with Gasteiger partial charge in [0, 0.05) is 50.0 Å². The van der Waals surface area contributed by atoms with Gasteiger partial charge in [0.2, 0.25) is 0 Å². The number of benzene rings is 1. The van der Waals surface area contributed by atoms with E-state index in [9.17, 15) is 5.11 Å². The fourth-order valence-corrected chi connectivity index (χ4v) is 5.38. The van der Waals surface area contributed by atoms with Crippen LogP contribution in [0, 0.1) is 0 Å². The zero-order chi connectivity index (χ0) is 20.3. The van der Waals surface area contributed by atoms with Crippen molar-refractivity contribution in [3.63, 3.8) is 0 Å². The Morgan fingerprint density at radius 2 is 1.93 bits per heavy atom. The number of aliphatic hydroxyl groups excluding tert-OH is 1. The molecule has 1 atom stereocenters. The molecule has 0 radical (unpaired) electrons. The van der Waals surface area contributed by atoms with Crippen molar-refractivity contribution in [2.45, 2.75) is 31.5 Å². The number of hydrogen-bond donors (Lipinski definition) is 3. The number of fused-ring (bicyclic) bond motifs is 1. The van der Waals surface area contributed by atoms with Gasteiger partial charge in [-0.1, -0.05) is 0 Å². The summed E-state index contributed by atoms with van der Waals surface area (Å²) in [5, 5.41) is 15.4. The normalized spacial score (nSPS) is 23.8. The maximum Gasteiger partial charge on any atom is 0.115 e. The van der Waals surface area contributed by atoms with Gasteiger partial charge in [-0.15, -0.1) is 11.8 Å². The lowest BCUT2D eigenvalue weighted by Crippen LogP contribution is -2.35. The molecule has 2 aromatic rings. The number of nitrogens with one attached hydrogen (secondary N) is 2. The van der Waals surface area contributed by atoms with Gasteiger partial charge >= 0.3 is 0 Å². The van der Waals surface area contributed by atoms with Crippen LogP contribution in [0.5, 0.6) is 0 Å². The summed E-state index contributed by atoms with van der Waals surface area (Å²) in [5.74, 6) is 0.844. The molecule has 0 bridgehead atoms. The van der Waals surface area contributed by atoms with Gasteiger partial charge in [0.15, 0.2) is 0 Å². The molecular weight excluding hydrogens is 400 g/mol. The van der Waals surface area contributed by atoms with Crippen molar-refractivity contribution in [2.24, 2.45) is 4.99 Å². The van der Waals surface area contributed by atoms with Crippen molar-refractivity contribution in [3.8, 4) is 0 Å². The second-order valence-corrected chi connectivity index (χ2v) is 9.30. The summed E-state index contributed by atoms with van der Waals surface area (Å²) in [5.41, 5.74) is 4.66. The lowest BCUT2D eigenvalue weighted by molar-refractivity contribution is 0.0342. The molecule has 2 fully saturated rings. The number of thioether (sulfide) groups is 1. The highest BCUT2D eigenvalue weighted by atomic mass is 32.2. The van der Waals surface area contributed by atoms with E-state index >= 15 is 0 Å². The molecule has 162 valence electrons. The van der Waals surface area contributed by atoms with E-state index in [1.165, 1.54) is 10.9 Å². The van der Waals surface area contributed by atoms with Crippen LogP contribution in [0.2, 0.25) is 0 Å². The highest BCUT2D eigenvalue weighted by Crippen LogP contribution is 2.31. The number of aliphatic imine (C=N–C) groups is 1. The molecular formula is C22H30N4O3S. The Bertz CT molecular complexity index is 903. The highest BCUT2D eigenvalue weighted by Gasteiger charge is 2.22. The van der Waals surface area contributed by atoms with Crippen LogP contribution in [0.15, 0.2) is 23.2 Å². The van der Waals surface area contributed by atoms with Gasteiger partial charge in [0.25, 0.3) is 0 Å². The van der Waals surface area contributed by atoms with E-state index in [4.69, 9.17) is 9.47 Å². The van der Waals surface area contributed by atoms with Crippen LogP contribution in [-0.2, 0) is 16.0 Å². The summed E-state index contributed by atoms with van der Waals surface area (Å²) in [6.45, 7) is 6.27. The zero-order valence-electron chi connectivity index (χ0n) is 17.2. The van der Waals surface area contributed by atoms with Gasteiger partial charge in [-0.2, -0.15) is 0 Å². The summed E-state index contributed by atoms with van der Waals surface area (Å²) in [6, 6.07) is 7.24. The van der Waals surface area contributed by atoms with Gasteiger partial charge in [0.1, 0.15) is 5.04 Å². The number of nitrogens with zero attached hydrogens (tertiary/aromatic N) is 2. The van der Waals surface area contributed by atoms with E-state index < -0.39 is 0 Å². The van der Waals surface area contributed by atoms with Gasteiger partial charge < -0.3 is 24.9 Å². The van der Waals surface area contributed by atoms with Crippen LogP contribution in [0.3, 0.4) is 0 Å². The Kier molecular flexibility index (Phi) is 6.29. The van der Waals surface area contributed by atoms with Crippen molar-refractivity contribution < 1.29 is 14.6 Å². The van der Waals surface area contributed by atoms with Crippen molar-refractivity contribution in [2.75, 3.05) is 57.2 Å². The van der Waals surface area contributed by atoms with Crippen molar-refractivity contribution in [1.29, 1.82) is 0 Å². The molecule has 0 amide bonds. The maximum absolute atomic E-state index is 9.42. The van der Waals surface area contributed by atoms with Crippen molar-refractivity contribution in [3.05, 3.63) is 29.5 Å². The maximum atomic E-state index is 9.42. The van der Waals surface area contributed by atoms with E-state index in [-0.39, 0.29) is 12.6 Å². The zero-order valence-corrected chi connectivity index (χ0v) is 18.0. The first kappa shape index (κ1) is 20.3. The number of H-pyrrole nitrogens is 1. The standard InChI is InChI=1S/C22H30N4O3S/c27-13-18-14-30-22(24-18)20-11-16-9-15(12-26-3-7-29-8-4-26)10-19(21(16)25-20)23-17-1-5-28-6-2-17/h9-11,17-18,23,25,27H,1-8,12-14H2/t18-/m1/s1. The monoisotopic (exact) mass is 430 g/mol. The number of anilines is 1. The summed E-state index contributed by atoms with van der Waals surface area (Å²) >= 11 is 1.72. The molecule has 1 aromatic carbocycles. The van der Waals surface area contributed by atoms with Crippen molar-refractivity contribution in [1.82, 2.24) is 9.88 Å². The summed E-state index contributed by atoms with van der Waals surface area (Å²) in [6.07, 6.45) is 2.06. The molecule has 30 heavy (non-hydrogen) atoms. The summed E-state index contributed by atoms with van der Waals surface area (Å²) in [4.78, 5) is 10.7. The minimum atomic E-state index is 0.00753. The SMILES string of the molecule is OC[C@@H]1CSC(c2cc3cc(CN4CCOCC4)cc(NC4CCOCC4)c3[nH]2)=N1. The largest absolute Gasteiger partial charge is 0.394 e. The fraction of sp³-hybridized carbons (Fsp3) is 0.591. The smallest absolute Gasteiger partial charge is 0.115 e. The molecule has 3 N–H and O–H groups in total. The fourth-order valence-electron chi connectivity index (χ4n) is 4.36. The second kappa shape index (κ2) is 9.28.